The molecule has 0 aromatic heterocycles. The van der Waals surface area contributed by atoms with Crippen LogP contribution in [0.3, 0.4) is 0 Å². The molecule has 0 unspecified atom stereocenters. The first-order chi connectivity index (χ1) is 7.54. The smallest absolute Gasteiger partial charge is 0.221 e. The van der Waals surface area contributed by atoms with Crippen LogP contribution < -0.4 is 5.32 Å². The molecule has 0 aliphatic carbocycles. The summed E-state index contributed by atoms with van der Waals surface area (Å²) in [5, 5.41) is 11.7. The van der Waals surface area contributed by atoms with Gasteiger partial charge in [0.15, 0.2) is 5.78 Å². The molecule has 0 aliphatic rings. The number of Topliss-reactive ketones (excluding diaryl/α,β-unsaturated/α-hetero) is 1. The normalized spacial score (nSPS) is 9.94. The molecule has 0 saturated heterocycles. The van der Waals surface area contributed by atoms with Crippen LogP contribution in [0.4, 0.5) is 5.69 Å². The van der Waals surface area contributed by atoms with Gasteiger partial charge in [0.05, 0.1) is 12.3 Å². The Morgan fingerprint density at radius 1 is 1.44 bits per heavy atom. The highest BCUT2D eigenvalue weighted by atomic mass is 35.5. The number of amides is 1. The van der Waals surface area contributed by atoms with Crippen molar-refractivity contribution in [2.75, 3.05) is 11.9 Å². The molecule has 2 N–H and O–H groups in total. The number of carbonyl (C=O) groups excluding carboxylic acids is 2. The number of ketones is 1. The van der Waals surface area contributed by atoms with Gasteiger partial charge in [0.2, 0.25) is 5.91 Å². The van der Waals surface area contributed by atoms with Crippen molar-refractivity contribution >= 4 is 29.0 Å². The Balaban J connectivity index is 3.06. The van der Waals surface area contributed by atoms with Crippen LogP contribution >= 0.6 is 11.6 Å². The Bertz CT molecular complexity index is 418. The van der Waals surface area contributed by atoms with Crippen molar-refractivity contribution in [1.29, 1.82) is 0 Å². The van der Waals surface area contributed by atoms with Crippen molar-refractivity contribution in [2.45, 2.75) is 13.3 Å². The number of anilines is 1. The summed E-state index contributed by atoms with van der Waals surface area (Å²) in [6.45, 7) is 1.13. The van der Waals surface area contributed by atoms with Gasteiger partial charge >= 0.3 is 0 Å². The molecule has 4 nitrogen and oxygen atoms in total. The average Bonchev–Trinajstić information content (AvgIpc) is 2.16. The molecule has 5 heteroatoms. The summed E-state index contributed by atoms with van der Waals surface area (Å²) in [5.41, 5.74) is 0.729. The molecular weight excluding hydrogens is 230 g/mol. The molecule has 1 aromatic rings. The van der Waals surface area contributed by atoms with Crippen LogP contribution in [0.5, 0.6) is 0 Å². The van der Waals surface area contributed by atoms with Gasteiger partial charge < -0.3 is 10.4 Å². The summed E-state index contributed by atoms with van der Waals surface area (Å²) in [7, 11) is 0. The van der Waals surface area contributed by atoms with E-state index in [0.717, 1.165) is 0 Å². The van der Waals surface area contributed by atoms with Crippen LogP contribution in [0.2, 0.25) is 5.02 Å². The Labute approximate surface area is 98.2 Å². The van der Waals surface area contributed by atoms with E-state index >= 15 is 0 Å². The fraction of sp³-hybridized carbons (Fsp3) is 0.273. The summed E-state index contributed by atoms with van der Waals surface area (Å²) in [4.78, 5) is 22.5. The van der Waals surface area contributed by atoms with Crippen LogP contribution in [0.15, 0.2) is 18.2 Å². The molecule has 0 saturated carbocycles. The zero-order chi connectivity index (χ0) is 12.1. The molecule has 0 heterocycles. The third-order valence-corrected chi connectivity index (χ3v) is 2.17. The van der Waals surface area contributed by atoms with Crippen molar-refractivity contribution < 1.29 is 14.7 Å². The Morgan fingerprint density at radius 2 is 2.12 bits per heavy atom. The molecule has 16 heavy (non-hydrogen) atoms. The number of benzene rings is 1. The molecule has 86 valence electrons. The fourth-order valence-electron chi connectivity index (χ4n) is 1.29. The Hall–Kier alpha value is -1.39. The highest BCUT2D eigenvalue weighted by Gasteiger charge is 2.12. The monoisotopic (exact) mass is 241 g/mol. The van der Waals surface area contributed by atoms with E-state index in [1.54, 1.807) is 6.07 Å². The third-order valence-electron chi connectivity index (χ3n) is 1.93. The number of nitrogens with one attached hydrogen (secondary N) is 1. The first kappa shape index (κ1) is 12.7. The van der Waals surface area contributed by atoms with E-state index < -0.39 is 0 Å². The van der Waals surface area contributed by atoms with Gasteiger partial charge in [-0.2, -0.15) is 0 Å². The zero-order valence-corrected chi connectivity index (χ0v) is 9.54. The molecule has 0 radical (unpaired) electrons. The number of aliphatic hydroxyl groups is 1. The average molecular weight is 242 g/mol. The second-order valence-electron chi connectivity index (χ2n) is 3.27. The number of rotatable bonds is 4. The first-order valence-corrected chi connectivity index (χ1v) is 5.13. The lowest BCUT2D eigenvalue weighted by atomic mass is 10.1. The molecule has 0 bridgehead atoms. The van der Waals surface area contributed by atoms with Crippen LogP contribution in [0.25, 0.3) is 0 Å². The summed E-state index contributed by atoms with van der Waals surface area (Å²) < 4.78 is 0. The lowest BCUT2D eigenvalue weighted by molar-refractivity contribution is -0.114. The van der Waals surface area contributed by atoms with Crippen LogP contribution in [0, 0.1) is 0 Å². The van der Waals surface area contributed by atoms with Crippen molar-refractivity contribution in [1.82, 2.24) is 0 Å². The Kier molecular flexibility index (Phi) is 4.46. The van der Waals surface area contributed by atoms with Gasteiger partial charge in [-0.05, 0) is 18.2 Å². The summed E-state index contributed by atoms with van der Waals surface area (Å²) in [6.07, 6.45) is 0.0220. The lowest BCUT2D eigenvalue weighted by Crippen LogP contribution is -2.11. The standard InChI is InChI=1S/C11H12ClNO3/c1-7(15)13-10-6-8(12)2-3-9(10)11(16)4-5-14/h2-3,6,14H,4-5H2,1H3,(H,13,15). The third kappa shape index (κ3) is 3.32. The highest BCUT2D eigenvalue weighted by molar-refractivity contribution is 6.31. The predicted molar refractivity (Wildman–Crippen MR) is 61.8 cm³/mol. The molecule has 1 rings (SSSR count). The van der Waals surface area contributed by atoms with Gasteiger partial charge in [0.25, 0.3) is 0 Å². The van der Waals surface area contributed by atoms with E-state index in [-0.39, 0.29) is 24.7 Å². The van der Waals surface area contributed by atoms with E-state index in [9.17, 15) is 9.59 Å². The Morgan fingerprint density at radius 3 is 2.69 bits per heavy atom. The van der Waals surface area contributed by atoms with Gasteiger partial charge in [-0.3, -0.25) is 9.59 Å². The minimum absolute atomic E-state index is 0.0220. The molecule has 0 atom stereocenters. The fourth-order valence-corrected chi connectivity index (χ4v) is 1.46. The van der Waals surface area contributed by atoms with Gasteiger partial charge in [-0.15, -0.1) is 0 Å². The van der Waals surface area contributed by atoms with Crippen LogP contribution in [-0.2, 0) is 4.79 Å². The predicted octanol–water partition coefficient (Wildman–Crippen LogP) is 1.86. The lowest BCUT2D eigenvalue weighted by Gasteiger charge is -2.08. The summed E-state index contributed by atoms with van der Waals surface area (Å²) in [6, 6.07) is 4.61. The van der Waals surface area contributed by atoms with Gasteiger partial charge in [0, 0.05) is 23.9 Å². The molecule has 1 amide bonds. The molecule has 0 spiro atoms. The molecule has 0 fully saturated rings. The number of aliphatic hydroxyl groups excluding tert-OH is 1. The van der Waals surface area contributed by atoms with Crippen molar-refractivity contribution in [3.05, 3.63) is 28.8 Å². The van der Waals surface area contributed by atoms with Crippen molar-refractivity contribution in [3.8, 4) is 0 Å². The van der Waals surface area contributed by atoms with Gasteiger partial charge in [0.1, 0.15) is 0 Å². The number of halogens is 1. The van der Waals surface area contributed by atoms with E-state index in [1.807, 2.05) is 0 Å². The number of hydrogen-bond acceptors (Lipinski definition) is 3. The van der Waals surface area contributed by atoms with Gasteiger partial charge in [-0.1, -0.05) is 11.6 Å². The van der Waals surface area contributed by atoms with E-state index in [4.69, 9.17) is 16.7 Å². The highest BCUT2D eigenvalue weighted by Crippen LogP contribution is 2.22. The maximum absolute atomic E-state index is 11.6. The maximum atomic E-state index is 11.6. The SMILES string of the molecule is CC(=O)Nc1cc(Cl)ccc1C(=O)CCO. The number of carbonyl (C=O) groups is 2. The minimum Gasteiger partial charge on any atom is -0.396 e. The van der Waals surface area contributed by atoms with Crippen molar-refractivity contribution in [3.63, 3.8) is 0 Å². The molecule has 0 aliphatic heterocycles. The second kappa shape index (κ2) is 5.63. The molecular formula is C11H12ClNO3. The van der Waals surface area contributed by atoms with E-state index in [2.05, 4.69) is 5.32 Å². The number of hydrogen-bond donors (Lipinski definition) is 2. The van der Waals surface area contributed by atoms with Crippen LogP contribution in [0.1, 0.15) is 23.7 Å². The van der Waals surface area contributed by atoms with E-state index in [0.29, 0.717) is 16.3 Å². The van der Waals surface area contributed by atoms with E-state index in [1.165, 1.54) is 19.1 Å². The largest absolute Gasteiger partial charge is 0.396 e. The summed E-state index contributed by atoms with van der Waals surface area (Å²) >= 11 is 5.77. The van der Waals surface area contributed by atoms with Crippen molar-refractivity contribution in [2.24, 2.45) is 0 Å². The van der Waals surface area contributed by atoms with Crippen LogP contribution in [-0.4, -0.2) is 23.4 Å². The minimum atomic E-state index is -0.277. The first-order valence-electron chi connectivity index (χ1n) is 4.76. The second-order valence-corrected chi connectivity index (χ2v) is 3.70. The molecule has 1 aromatic carbocycles. The zero-order valence-electron chi connectivity index (χ0n) is 8.79. The maximum Gasteiger partial charge on any atom is 0.221 e. The van der Waals surface area contributed by atoms with Gasteiger partial charge in [-0.25, -0.2) is 0 Å². The summed E-state index contributed by atoms with van der Waals surface area (Å²) in [5.74, 6) is -0.511. The topological polar surface area (TPSA) is 66.4 Å². The quantitative estimate of drug-likeness (QED) is 0.791.